The fourth-order valence-corrected chi connectivity index (χ4v) is 2.53. The van der Waals surface area contributed by atoms with Crippen molar-refractivity contribution in [3.8, 4) is 0 Å². The molecule has 0 saturated heterocycles. The van der Waals surface area contributed by atoms with Gasteiger partial charge in [-0.15, -0.1) is 0 Å². The Kier molecular flexibility index (Phi) is 5.46. The minimum atomic E-state index is -0.744. The van der Waals surface area contributed by atoms with E-state index in [0.29, 0.717) is 6.54 Å². The quantitative estimate of drug-likeness (QED) is 0.620. The van der Waals surface area contributed by atoms with E-state index in [1.807, 2.05) is 60.7 Å². The molecule has 5 heteroatoms. The lowest BCUT2D eigenvalue weighted by molar-refractivity contribution is -0.148. The number of benzene rings is 2. The summed E-state index contributed by atoms with van der Waals surface area (Å²) in [6.45, 7) is 0.678. The van der Waals surface area contributed by atoms with Crippen LogP contribution in [-0.2, 0) is 27.5 Å². The Morgan fingerprint density at radius 1 is 0.880 bits per heavy atom. The number of hydrogen-bond acceptors (Lipinski definition) is 4. The predicted molar refractivity (Wildman–Crippen MR) is 92.5 cm³/mol. The molecular formula is C20H19NO4. The Morgan fingerprint density at radius 3 is 2.04 bits per heavy atom. The van der Waals surface area contributed by atoms with Gasteiger partial charge in [0.1, 0.15) is 13.2 Å². The Morgan fingerprint density at radius 2 is 1.44 bits per heavy atom. The summed E-state index contributed by atoms with van der Waals surface area (Å²) in [7, 11) is 0. The van der Waals surface area contributed by atoms with Crippen molar-refractivity contribution >= 4 is 12.1 Å². The largest absolute Gasteiger partial charge is 0.459 e. The van der Waals surface area contributed by atoms with Gasteiger partial charge < -0.3 is 9.47 Å². The molecule has 25 heavy (non-hydrogen) atoms. The first-order chi connectivity index (χ1) is 12.2. The van der Waals surface area contributed by atoms with E-state index in [1.165, 1.54) is 4.90 Å². The summed E-state index contributed by atoms with van der Waals surface area (Å²) in [5.41, 5.74) is 1.79. The number of carbonyl (C=O) groups is 2. The molecule has 0 bridgehead atoms. The van der Waals surface area contributed by atoms with Crippen molar-refractivity contribution in [3.05, 3.63) is 83.9 Å². The summed E-state index contributed by atoms with van der Waals surface area (Å²) in [4.78, 5) is 25.9. The van der Waals surface area contributed by atoms with E-state index in [1.54, 1.807) is 12.2 Å². The minimum Gasteiger partial charge on any atom is -0.459 e. The second-order valence-corrected chi connectivity index (χ2v) is 5.66. The first-order valence-electron chi connectivity index (χ1n) is 8.08. The first-order valence-corrected chi connectivity index (χ1v) is 8.08. The molecule has 1 aliphatic heterocycles. The second-order valence-electron chi connectivity index (χ2n) is 5.66. The minimum absolute atomic E-state index is 0.169. The van der Waals surface area contributed by atoms with Gasteiger partial charge in [0.25, 0.3) is 0 Å². The van der Waals surface area contributed by atoms with Crippen LogP contribution in [0.5, 0.6) is 0 Å². The molecule has 0 radical (unpaired) electrons. The van der Waals surface area contributed by atoms with Crippen molar-refractivity contribution in [1.82, 2.24) is 4.90 Å². The van der Waals surface area contributed by atoms with Crippen LogP contribution in [0.15, 0.2) is 72.8 Å². The summed E-state index contributed by atoms with van der Waals surface area (Å²) in [5.74, 6) is -0.464. The highest BCUT2D eigenvalue weighted by Crippen LogP contribution is 2.15. The maximum absolute atomic E-state index is 12.3. The summed E-state index contributed by atoms with van der Waals surface area (Å²) in [6, 6.07) is 18.1. The van der Waals surface area contributed by atoms with Crippen molar-refractivity contribution in [2.24, 2.45) is 0 Å². The molecule has 1 heterocycles. The van der Waals surface area contributed by atoms with Crippen LogP contribution in [0.25, 0.3) is 0 Å². The van der Waals surface area contributed by atoms with Gasteiger partial charge >= 0.3 is 12.1 Å². The molecule has 2 aromatic rings. The van der Waals surface area contributed by atoms with Gasteiger partial charge in [-0.3, -0.25) is 4.90 Å². The van der Waals surface area contributed by atoms with E-state index in [-0.39, 0.29) is 13.2 Å². The van der Waals surface area contributed by atoms with Crippen molar-refractivity contribution in [2.75, 3.05) is 6.54 Å². The molecule has 0 saturated carbocycles. The zero-order chi connectivity index (χ0) is 17.5. The Hall–Kier alpha value is -3.08. The van der Waals surface area contributed by atoms with Crippen LogP contribution in [0, 0.1) is 0 Å². The third kappa shape index (κ3) is 4.47. The van der Waals surface area contributed by atoms with Gasteiger partial charge in [-0.05, 0) is 11.1 Å². The number of rotatable bonds is 5. The molecule has 0 aromatic heterocycles. The number of hydrogen-bond donors (Lipinski definition) is 0. The van der Waals surface area contributed by atoms with Crippen molar-refractivity contribution < 1.29 is 19.1 Å². The first kappa shape index (κ1) is 16.8. The number of amides is 1. The van der Waals surface area contributed by atoms with Crippen molar-refractivity contribution in [1.29, 1.82) is 0 Å². The van der Waals surface area contributed by atoms with Gasteiger partial charge in [0.2, 0.25) is 0 Å². The van der Waals surface area contributed by atoms with Crippen LogP contribution in [-0.4, -0.2) is 29.5 Å². The van der Waals surface area contributed by atoms with E-state index >= 15 is 0 Å². The van der Waals surface area contributed by atoms with E-state index in [4.69, 9.17) is 9.47 Å². The number of esters is 1. The van der Waals surface area contributed by atoms with E-state index in [0.717, 1.165) is 11.1 Å². The van der Waals surface area contributed by atoms with Gasteiger partial charge in [-0.25, -0.2) is 9.59 Å². The maximum Gasteiger partial charge on any atom is 0.411 e. The number of ether oxygens (including phenoxy) is 2. The van der Waals surface area contributed by atoms with Crippen molar-refractivity contribution in [2.45, 2.75) is 19.3 Å². The lowest BCUT2D eigenvalue weighted by Crippen LogP contribution is -2.42. The molecule has 0 fully saturated rings. The van der Waals surface area contributed by atoms with Crippen LogP contribution in [0.1, 0.15) is 11.1 Å². The second kappa shape index (κ2) is 8.15. The summed E-state index contributed by atoms with van der Waals surface area (Å²) < 4.78 is 10.6. The molecule has 1 amide bonds. The SMILES string of the molecule is O=C(OCc1ccccc1)C1C=CCN1C(=O)OCc1ccccc1. The van der Waals surface area contributed by atoms with Gasteiger partial charge in [-0.1, -0.05) is 72.8 Å². The Balaban J connectivity index is 1.53. The molecule has 1 unspecified atom stereocenters. The monoisotopic (exact) mass is 337 g/mol. The topological polar surface area (TPSA) is 55.8 Å². The van der Waals surface area contributed by atoms with Gasteiger partial charge in [0, 0.05) is 6.54 Å². The molecule has 0 N–H and O–H groups in total. The fourth-order valence-electron chi connectivity index (χ4n) is 2.53. The van der Waals surface area contributed by atoms with Crippen LogP contribution < -0.4 is 0 Å². The number of carbonyl (C=O) groups excluding carboxylic acids is 2. The molecule has 1 aliphatic rings. The molecule has 2 aromatic carbocycles. The third-order valence-electron chi connectivity index (χ3n) is 3.86. The lowest BCUT2D eigenvalue weighted by Gasteiger charge is -2.22. The zero-order valence-corrected chi connectivity index (χ0v) is 13.7. The zero-order valence-electron chi connectivity index (χ0n) is 13.7. The third-order valence-corrected chi connectivity index (χ3v) is 3.86. The summed E-state index contributed by atoms with van der Waals surface area (Å²) in [6.07, 6.45) is 2.89. The highest BCUT2D eigenvalue weighted by molar-refractivity contribution is 5.84. The van der Waals surface area contributed by atoms with E-state index in [2.05, 4.69) is 0 Å². The average molecular weight is 337 g/mol. The van der Waals surface area contributed by atoms with Gasteiger partial charge in [0.15, 0.2) is 6.04 Å². The van der Waals surface area contributed by atoms with Crippen LogP contribution >= 0.6 is 0 Å². The van der Waals surface area contributed by atoms with Crippen LogP contribution in [0.3, 0.4) is 0 Å². The summed E-state index contributed by atoms with van der Waals surface area (Å²) in [5, 5.41) is 0. The van der Waals surface area contributed by atoms with Gasteiger partial charge in [0.05, 0.1) is 0 Å². The molecule has 0 aliphatic carbocycles. The van der Waals surface area contributed by atoms with Crippen molar-refractivity contribution in [3.63, 3.8) is 0 Å². The van der Waals surface area contributed by atoms with E-state index < -0.39 is 18.1 Å². The molecular weight excluding hydrogens is 318 g/mol. The molecule has 5 nitrogen and oxygen atoms in total. The summed E-state index contributed by atoms with van der Waals surface area (Å²) >= 11 is 0. The molecule has 1 atom stereocenters. The normalized spacial score (nSPS) is 15.8. The molecule has 3 rings (SSSR count). The molecule has 0 spiro atoms. The average Bonchev–Trinajstić information content (AvgIpc) is 3.16. The predicted octanol–water partition coefficient (Wildman–Crippen LogP) is 3.31. The van der Waals surface area contributed by atoms with E-state index in [9.17, 15) is 9.59 Å². The maximum atomic E-state index is 12.3. The van der Waals surface area contributed by atoms with Crippen LogP contribution in [0.4, 0.5) is 4.79 Å². The van der Waals surface area contributed by atoms with Crippen LogP contribution in [0.2, 0.25) is 0 Å². The Bertz CT molecular complexity index is 743. The fraction of sp³-hybridized carbons (Fsp3) is 0.200. The number of nitrogens with zero attached hydrogens (tertiary/aromatic N) is 1. The smallest absolute Gasteiger partial charge is 0.411 e. The lowest BCUT2D eigenvalue weighted by atomic mass is 10.2. The highest BCUT2D eigenvalue weighted by Gasteiger charge is 2.32. The standard InChI is InChI=1S/C20H19NO4/c22-19(24-14-16-8-3-1-4-9-16)18-12-7-13-21(18)20(23)25-15-17-10-5-2-6-11-17/h1-12,18H,13-15H2. The Labute approximate surface area is 146 Å². The molecule has 128 valence electrons. The van der Waals surface area contributed by atoms with Gasteiger partial charge in [-0.2, -0.15) is 0 Å². The highest BCUT2D eigenvalue weighted by atomic mass is 16.6.